The van der Waals surface area contributed by atoms with Crippen molar-refractivity contribution >= 4 is 0 Å². The second-order valence-electron chi connectivity index (χ2n) is 4.47. The van der Waals surface area contributed by atoms with Crippen LogP contribution in [0.5, 0.6) is 5.75 Å². The van der Waals surface area contributed by atoms with Crippen LogP contribution in [0.25, 0.3) is 0 Å². The quantitative estimate of drug-likeness (QED) is 0.880. The van der Waals surface area contributed by atoms with E-state index >= 15 is 0 Å². The van der Waals surface area contributed by atoms with E-state index in [-0.39, 0.29) is 6.04 Å². The van der Waals surface area contributed by atoms with Crippen molar-refractivity contribution in [2.75, 3.05) is 6.61 Å². The Kier molecular flexibility index (Phi) is 2.80. The maximum atomic E-state index is 10.5. The van der Waals surface area contributed by atoms with E-state index in [0.717, 1.165) is 23.6 Å². The van der Waals surface area contributed by atoms with Crippen molar-refractivity contribution < 1.29 is 9.84 Å². The lowest BCUT2D eigenvalue weighted by Gasteiger charge is -2.31. The lowest BCUT2D eigenvalue weighted by molar-refractivity contribution is 0.0555. The summed E-state index contributed by atoms with van der Waals surface area (Å²) in [7, 11) is 0. The molecule has 1 N–H and O–H groups in total. The van der Waals surface area contributed by atoms with Crippen LogP contribution in [0.1, 0.15) is 30.5 Å². The summed E-state index contributed by atoms with van der Waals surface area (Å²) < 4.78 is 7.74. The maximum absolute atomic E-state index is 10.5. The minimum Gasteiger partial charge on any atom is -0.491 e. The summed E-state index contributed by atoms with van der Waals surface area (Å²) >= 11 is 0. The molecule has 0 aliphatic carbocycles. The van der Waals surface area contributed by atoms with E-state index < -0.39 is 6.10 Å². The second kappa shape index (κ2) is 4.46. The average Bonchev–Trinajstić information content (AvgIpc) is 2.88. The fraction of sp³-hybridized carbons (Fsp3) is 0.357. The highest BCUT2D eigenvalue weighted by Gasteiger charge is 2.31. The minimum absolute atomic E-state index is 0.0997. The molecule has 18 heavy (non-hydrogen) atoms. The highest BCUT2D eigenvalue weighted by Crippen LogP contribution is 2.37. The number of aromatic nitrogens is 2. The molecule has 2 heterocycles. The van der Waals surface area contributed by atoms with E-state index in [9.17, 15) is 5.11 Å². The van der Waals surface area contributed by atoms with Crippen molar-refractivity contribution in [3.05, 3.63) is 48.0 Å². The molecular weight excluding hydrogens is 228 g/mol. The summed E-state index contributed by atoms with van der Waals surface area (Å²) in [6.07, 6.45) is 3.97. The molecule has 0 radical (unpaired) electrons. The molecule has 1 aliphatic heterocycles. The molecule has 2 aromatic rings. The van der Waals surface area contributed by atoms with Gasteiger partial charge in [-0.1, -0.05) is 25.1 Å². The molecule has 4 nitrogen and oxygen atoms in total. The number of fused-ring (bicyclic) bond motifs is 1. The van der Waals surface area contributed by atoms with Gasteiger partial charge in [0.1, 0.15) is 24.3 Å². The Morgan fingerprint density at radius 1 is 1.44 bits per heavy atom. The first-order chi connectivity index (χ1) is 8.81. The number of hydrogen-bond donors (Lipinski definition) is 1. The zero-order valence-corrected chi connectivity index (χ0v) is 10.3. The summed E-state index contributed by atoms with van der Waals surface area (Å²) in [6.45, 7) is 2.53. The van der Waals surface area contributed by atoms with Crippen LogP contribution >= 0.6 is 0 Å². The summed E-state index contributed by atoms with van der Waals surface area (Å²) in [6, 6.07) is 7.54. The van der Waals surface area contributed by atoms with Gasteiger partial charge in [-0.05, 0) is 6.07 Å². The van der Waals surface area contributed by atoms with Gasteiger partial charge in [0.2, 0.25) is 0 Å². The monoisotopic (exact) mass is 244 g/mol. The van der Waals surface area contributed by atoms with Crippen molar-refractivity contribution in [3.63, 3.8) is 0 Å². The molecule has 0 bridgehead atoms. The Bertz CT molecular complexity index is 550. The van der Waals surface area contributed by atoms with Crippen molar-refractivity contribution in [1.82, 2.24) is 9.55 Å². The molecule has 3 rings (SSSR count). The minimum atomic E-state index is -0.547. The Hall–Kier alpha value is -1.81. The van der Waals surface area contributed by atoms with Gasteiger partial charge < -0.3 is 14.4 Å². The predicted molar refractivity (Wildman–Crippen MR) is 67.5 cm³/mol. The zero-order valence-electron chi connectivity index (χ0n) is 10.3. The first-order valence-corrected chi connectivity index (χ1v) is 6.22. The van der Waals surface area contributed by atoms with Crippen LogP contribution in [0.15, 0.2) is 36.7 Å². The Balaban J connectivity index is 1.98. The molecule has 1 aromatic heterocycles. The van der Waals surface area contributed by atoms with Gasteiger partial charge in [-0.2, -0.15) is 0 Å². The Labute approximate surface area is 106 Å². The van der Waals surface area contributed by atoms with Gasteiger partial charge in [0.25, 0.3) is 0 Å². The first kappa shape index (κ1) is 11.3. The van der Waals surface area contributed by atoms with Crippen LogP contribution in [0, 0.1) is 0 Å². The van der Waals surface area contributed by atoms with Gasteiger partial charge in [-0.25, -0.2) is 4.98 Å². The molecule has 4 heteroatoms. The summed E-state index contributed by atoms with van der Waals surface area (Å²) in [5.41, 5.74) is 0.851. The maximum Gasteiger partial charge on any atom is 0.125 e. The highest BCUT2D eigenvalue weighted by atomic mass is 16.5. The van der Waals surface area contributed by atoms with E-state index in [1.54, 1.807) is 6.20 Å². The lowest BCUT2D eigenvalue weighted by atomic mass is 9.99. The van der Waals surface area contributed by atoms with Crippen LogP contribution in [-0.2, 0) is 6.42 Å². The molecule has 1 aromatic carbocycles. The molecule has 0 saturated carbocycles. The molecule has 0 amide bonds. The molecule has 1 aliphatic rings. The van der Waals surface area contributed by atoms with Crippen molar-refractivity contribution in [2.24, 2.45) is 0 Å². The Morgan fingerprint density at radius 2 is 2.28 bits per heavy atom. The van der Waals surface area contributed by atoms with Crippen LogP contribution in [-0.4, -0.2) is 21.3 Å². The van der Waals surface area contributed by atoms with E-state index in [0.29, 0.717) is 6.61 Å². The third-order valence-electron chi connectivity index (χ3n) is 3.43. The van der Waals surface area contributed by atoms with Crippen LogP contribution in [0.2, 0.25) is 0 Å². The summed E-state index contributed by atoms with van der Waals surface area (Å²) in [5.74, 6) is 1.75. The van der Waals surface area contributed by atoms with E-state index in [4.69, 9.17) is 4.74 Å². The largest absolute Gasteiger partial charge is 0.491 e. The number of imidazole rings is 1. The number of hydrogen-bond acceptors (Lipinski definition) is 3. The average molecular weight is 244 g/mol. The molecule has 94 valence electrons. The van der Waals surface area contributed by atoms with Gasteiger partial charge in [-0.15, -0.1) is 0 Å². The number of aliphatic hydroxyl groups is 1. The number of rotatable bonds is 2. The fourth-order valence-electron chi connectivity index (χ4n) is 2.48. The Morgan fingerprint density at radius 3 is 3.11 bits per heavy atom. The molecule has 2 atom stereocenters. The van der Waals surface area contributed by atoms with Gasteiger partial charge in [0, 0.05) is 24.4 Å². The van der Waals surface area contributed by atoms with Gasteiger partial charge >= 0.3 is 0 Å². The number of benzene rings is 1. The summed E-state index contributed by atoms with van der Waals surface area (Å²) in [5, 5.41) is 10.5. The highest BCUT2D eigenvalue weighted by molar-refractivity contribution is 5.37. The molecule has 0 saturated heterocycles. The number of aryl methyl sites for hydroxylation is 1. The predicted octanol–water partition coefficient (Wildman–Crippen LogP) is 2.11. The zero-order chi connectivity index (χ0) is 12.5. The van der Waals surface area contributed by atoms with Gasteiger partial charge in [0.05, 0.1) is 6.04 Å². The number of nitrogens with zero attached hydrogens (tertiary/aromatic N) is 2. The normalized spacial score (nSPS) is 22.3. The SMILES string of the molecule is CCc1nccn1C1COc2ccccc2C1O. The van der Waals surface area contributed by atoms with E-state index in [1.807, 2.05) is 35.0 Å². The molecule has 2 unspecified atom stereocenters. The van der Waals surface area contributed by atoms with Crippen LogP contribution in [0.4, 0.5) is 0 Å². The van der Waals surface area contributed by atoms with Crippen molar-refractivity contribution in [3.8, 4) is 5.75 Å². The smallest absolute Gasteiger partial charge is 0.125 e. The topological polar surface area (TPSA) is 47.3 Å². The van der Waals surface area contributed by atoms with Gasteiger partial charge in [0.15, 0.2) is 0 Å². The number of para-hydroxylation sites is 1. The molecular formula is C14H16N2O2. The second-order valence-corrected chi connectivity index (χ2v) is 4.47. The first-order valence-electron chi connectivity index (χ1n) is 6.22. The molecule has 0 spiro atoms. The standard InChI is InChI=1S/C14H16N2O2/c1-2-13-15-7-8-16(13)11-9-18-12-6-4-3-5-10(12)14(11)17/h3-8,11,14,17H,2,9H2,1H3. The molecule has 0 fully saturated rings. The van der Waals surface area contributed by atoms with Crippen molar-refractivity contribution in [2.45, 2.75) is 25.5 Å². The number of ether oxygens (including phenoxy) is 1. The van der Waals surface area contributed by atoms with Gasteiger partial charge in [-0.3, -0.25) is 0 Å². The van der Waals surface area contributed by atoms with E-state index in [2.05, 4.69) is 11.9 Å². The number of aliphatic hydroxyl groups excluding tert-OH is 1. The third kappa shape index (κ3) is 1.69. The van der Waals surface area contributed by atoms with Crippen LogP contribution in [0.3, 0.4) is 0 Å². The summed E-state index contributed by atoms with van der Waals surface area (Å²) in [4.78, 5) is 4.30. The van der Waals surface area contributed by atoms with Crippen LogP contribution < -0.4 is 4.74 Å². The van der Waals surface area contributed by atoms with E-state index in [1.165, 1.54) is 0 Å². The lowest BCUT2D eigenvalue weighted by Crippen LogP contribution is -2.29. The third-order valence-corrected chi connectivity index (χ3v) is 3.43. The fourth-order valence-corrected chi connectivity index (χ4v) is 2.48. The van der Waals surface area contributed by atoms with Crippen molar-refractivity contribution in [1.29, 1.82) is 0 Å².